The van der Waals surface area contributed by atoms with Crippen LogP contribution in [-0.2, 0) is 16.1 Å². The molecule has 2 fully saturated rings. The first-order valence-electron chi connectivity index (χ1n) is 9.44. The van der Waals surface area contributed by atoms with Crippen molar-refractivity contribution in [3.8, 4) is 0 Å². The molecule has 27 heavy (non-hydrogen) atoms. The van der Waals surface area contributed by atoms with Gasteiger partial charge in [0, 0.05) is 36.8 Å². The number of rotatable bonds is 5. The van der Waals surface area contributed by atoms with Crippen LogP contribution in [0.15, 0.2) is 48.5 Å². The van der Waals surface area contributed by atoms with E-state index < -0.39 is 0 Å². The molecule has 1 aliphatic carbocycles. The first kappa shape index (κ1) is 17.7. The minimum Gasteiger partial charge on any atom is -0.335 e. The summed E-state index contributed by atoms with van der Waals surface area (Å²) in [5.41, 5.74) is 2.48. The molecule has 4 rings (SSSR count). The van der Waals surface area contributed by atoms with Gasteiger partial charge in [0.2, 0.25) is 11.8 Å². The van der Waals surface area contributed by atoms with Crippen LogP contribution in [0.1, 0.15) is 30.4 Å². The van der Waals surface area contributed by atoms with Crippen LogP contribution in [0.2, 0.25) is 0 Å². The number of halogens is 1. The Morgan fingerprint density at radius 2 is 1.85 bits per heavy atom. The molecule has 2 aliphatic rings. The van der Waals surface area contributed by atoms with Gasteiger partial charge < -0.3 is 9.80 Å². The van der Waals surface area contributed by atoms with Crippen LogP contribution < -0.4 is 4.90 Å². The summed E-state index contributed by atoms with van der Waals surface area (Å²) in [5, 5.41) is 0. The van der Waals surface area contributed by atoms with Gasteiger partial charge in [0.1, 0.15) is 5.82 Å². The maximum atomic E-state index is 14.1. The Bertz CT molecular complexity index is 861. The van der Waals surface area contributed by atoms with E-state index in [2.05, 4.69) is 0 Å². The van der Waals surface area contributed by atoms with Crippen LogP contribution in [-0.4, -0.2) is 29.3 Å². The van der Waals surface area contributed by atoms with Gasteiger partial charge in [-0.05, 0) is 38.0 Å². The summed E-state index contributed by atoms with van der Waals surface area (Å²) in [6.07, 6.45) is 2.11. The van der Waals surface area contributed by atoms with Crippen molar-refractivity contribution >= 4 is 17.5 Å². The van der Waals surface area contributed by atoms with Gasteiger partial charge in [-0.25, -0.2) is 4.39 Å². The smallest absolute Gasteiger partial charge is 0.228 e. The number of aryl methyl sites for hydroxylation is 1. The molecule has 1 saturated carbocycles. The molecule has 2 aromatic carbocycles. The maximum absolute atomic E-state index is 14.1. The molecular weight excluding hydrogens is 343 g/mol. The molecule has 0 aromatic heterocycles. The Morgan fingerprint density at radius 3 is 2.52 bits per heavy atom. The van der Waals surface area contributed by atoms with Crippen molar-refractivity contribution in [1.29, 1.82) is 0 Å². The van der Waals surface area contributed by atoms with Crippen LogP contribution in [0.5, 0.6) is 0 Å². The lowest BCUT2D eigenvalue weighted by Gasteiger charge is -2.26. The fourth-order valence-corrected chi connectivity index (χ4v) is 3.67. The SMILES string of the molecule is Cc1ccc(N2CC(C(=O)N(Cc3ccccc3F)C3CC3)CC2=O)cc1. The first-order chi connectivity index (χ1) is 13.0. The van der Waals surface area contributed by atoms with Gasteiger partial charge in [-0.15, -0.1) is 0 Å². The number of benzene rings is 2. The number of hydrogen-bond acceptors (Lipinski definition) is 2. The summed E-state index contributed by atoms with van der Waals surface area (Å²) in [6.45, 7) is 2.66. The van der Waals surface area contributed by atoms with E-state index in [-0.39, 0.29) is 42.6 Å². The lowest BCUT2D eigenvalue weighted by molar-refractivity contribution is -0.137. The van der Waals surface area contributed by atoms with Gasteiger partial charge in [0.15, 0.2) is 0 Å². The Balaban J connectivity index is 1.50. The molecule has 0 bridgehead atoms. The lowest BCUT2D eigenvalue weighted by atomic mass is 10.1. The molecule has 0 radical (unpaired) electrons. The third-order valence-corrected chi connectivity index (χ3v) is 5.39. The first-order valence-corrected chi connectivity index (χ1v) is 9.44. The predicted molar refractivity (Wildman–Crippen MR) is 102 cm³/mol. The normalized spacial score (nSPS) is 19.4. The zero-order valence-corrected chi connectivity index (χ0v) is 15.4. The molecule has 0 N–H and O–H groups in total. The third kappa shape index (κ3) is 3.72. The zero-order chi connectivity index (χ0) is 19.0. The minimum absolute atomic E-state index is 0.0289. The number of anilines is 1. The predicted octanol–water partition coefficient (Wildman–Crippen LogP) is 3.68. The average molecular weight is 366 g/mol. The third-order valence-electron chi connectivity index (χ3n) is 5.39. The summed E-state index contributed by atoms with van der Waals surface area (Å²) < 4.78 is 14.1. The van der Waals surface area contributed by atoms with Gasteiger partial charge >= 0.3 is 0 Å². The van der Waals surface area contributed by atoms with Crippen molar-refractivity contribution in [3.63, 3.8) is 0 Å². The Morgan fingerprint density at radius 1 is 1.15 bits per heavy atom. The van der Waals surface area contributed by atoms with Gasteiger partial charge in [0.25, 0.3) is 0 Å². The molecule has 4 nitrogen and oxygen atoms in total. The van der Waals surface area contributed by atoms with E-state index in [1.165, 1.54) is 6.07 Å². The topological polar surface area (TPSA) is 40.6 Å². The molecule has 1 saturated heterocycles. The molecule has 5 heteroatoms. The van der Waals surface area contributed by atoms with Crippen molar-refractivity contribution in [2.75, 3.05) is 11.4 Å². The average Bonchev–Trinajstić information content (AvgIpc) is 3.43. The fourth-order valence-electron chi connectivity index (χ4n) is 3.67. The second kappa shape index (κ2) is 7.14. The molecule has 1 atom stereocenters. The molecule has 140 valence electrons. The summed E-state index contributed by atoms with van der Waals surface area (Å²) in [5.74, 6) is -0.728. The van der Waals surface area contributed by atoms with Crippen molar-refractivity contribution in [2.24, 2.45) is 5.92 Å². The fraction of sp³-hybridized carbons (Fsp3) is 0.364. The lowest BCUT2D eigenvalue weighted by Crippen LogP contribution is -2.38. The quantitative estimate of drug-likeness (QED) is 0.810. The van der Waals surface area contributed by atoms with Crippen LogP contribution in [0, 0.1) is 18.7 Å². The molecular formula is C22H23FN2O2. The number of carbonyl (C=O) groups excluding carboxylic acids is 2. The maximum Gasteiger partial charge on any atom is 0.228 e. The van der Waals surface area contributed by atoms with Crippen LogP contribution in [0.4, 0.5) is 10.1 Å². The molecule has 1 aliphatic heterocycles. The Labute approximate surface area is 158 Å². The van der Waals surface area contributed by atoms with Gasteiger partial charge in [-0.1, -0.05) is 35.9 Å². The van der Waals surface area contributed by atoms with Crippen LogP contribution in [0.25, 0.3) is 0 Å². The summed E-state index contributed by atoms with van der Waals surface area (Å²) in [7, 11) is 0. The minimum atomic E-state index is -0.369. The number of nitrogens with zero attached hydrogens (tertiary/aromatic N) is 2. The summed E-state index contributed by atoms with van der Waals surface area (Å²) in [6, 6.07) is 14.5. The molecule has 0 spiro atoms. The highest BCUT2D eigenvalue weighted by atomic mass is 19.1. The van der Waals surface area contributed by atoms with Crippen molar-refractivity contribution < 1.29 is 14.0 Å². The van der Waals surface area contributed by atoms with E-state index in [1.54, 1.807) is 28.0 Å². The van der Waals surface area contributed by atoms with Crippen LogP contribution >= 0.6 is 0 Å². The highest BCUT2D eigenvalue weighted by Gasteiger charge is 2.41. The van der Waals surface area contributed by atoms with E-state index in [0.29, 0.717) is 12.1 Å². The Kier molecular flexibility index (Phi) is 4.68. The van der Waals surface area contributed by atoms with Crippen molar-refractivity contribution in [1.82, 2.24) is 4.90 Å². The van der Waals surface area contributed by atoms with Crippen molar-refractivity contribution in [2.45, 2.75) is 38.8 Å². The van der Waals surface area contributed by atoms with Crippen molar-refractivity contribution in [3.05, 3.63) is 65.5 Å². The van der Waals surface area contributed by atoms with Gasteiger partial charge in [0.05, 0.1) is 5.92 Å². The van der Waals surface area contributed by atoms with Crippen LogP contribution in [0.3, 0.4) is 0 Å². The van der Waals surface area contributed by atoms with E-state index in [9.17, 15) is 14.0 Å². The van der Waals surface area contributed by atoms with E-state index in [1.807, 2.05) is 31.2 Å². The summed E-state index contributed by atoms with van der Waals surface area (Å²) >= 11 is 0. The standard InChI is InChI=1S/C22H23FN2O2/c1-15-6-8-18(9-7-15)24-14-17(12-21(24)26)22(27)25(19-10-11-19)13-16-4-2-3-5-20(16)23/h2-9,17,19H,10-14H2,1H3. The number of carbonyl (C=O) groups is 2. The monoisotopic (exact) mass is 366 g/mol. The second-order valence-electron chi connectivity index (χ2n) is 7.53. The molecule has 1 unspecified atom stereocenters. The van der Waals surface area contributed by atoms with Gasteiger partial charge in [-0.2, -0.15) is 0 Å². The summed E-state index contributed by atoms with van der Waals surface area (Å²) in [4.78, 5) is 29.1. The molecule has 2 amide bonds. The van der Waals surface area contributed by atoms with E-state index in [4.69, 9.17) is 0 Å². The second-order valence-corrected chi connectivity index (χ2v) is 7.53. The molecule has 2 aromatic rings. The Hall–Kier alpha value is -2.69. The van der Waals surface area contributed by atoms with E-state index >= 15 is 0 Å². The highest BCUT2D eigenvalue weighted by Crippen LogP contribution is 2.33. The molecule has 1 heterocycles. The highest BCUT2D eigenvalue weighted by molar-refractivity contribution is 6.00. The van der Waals surface area contributed by atoms with E-state index in [0.717, 1.165) is 24.1 Å². The number of amides is 2. The zero-order valence-electron chi connectivity index (χ0n) is 15.4. The largest absolute Gasteiger partial charge is 0.335 e. The number of hydrogen-bond donors (Lipinski definition) is 0. The van der Waals surface area contributed by atoms with Gasteiger partial charge in [-0.3, -0.25) is 9.59 Å².